The van der Waals surface area contributed by atoms with Crippen LogP contribution in [0.3, 0.4) is 0 Å². The van der Waals surface area contributed by atoms with Crippen LogP contribution in [0.1, 0.15) is 48.6 Å². The Kier molecular flexibility index (Phi) is 8.76. The van der Waals surface area contributed by atoms with Crippen molar-refractivity contribution in [2.75, 3.05) is 62.6 Å². The van der Waals surface area contributed by atoms with Gasteiger partial charge in [0.1, 0.15) is 0 Å². The van der Waals surface area contributed by atoms with E-state index >= 15 is 0 Å². The standard InChI is InChI=1S/C32H31N7O3/c33-21-23-2-6-25(7-3-23)30(40)36-28-20-27(32(42)38-14-1-12-35-13-15-38)10-11-29(28)37-16-18-39(19-17-37)31(41)26-8-4-24(22-34)5-9-26/h2-11,20,35H,1,12-19H2,(H,36,40). The molecule has 0 aromatic heterocycles. The predicted molar refractivity (Wildman–Crippen MR) is 158 cm³/mol. The summed E-state index contributed by atoms with van der Waals surface area (Å²) in [7, 11) is 0. The zero-order valence-electron chi connectivity index (χ0n) is 23.2. The third kappa shape index (κ3) is 6.41. The molecule has 0 spiro atoms. The molecule has 0 bridgehead atoms. The molecule has 10 heteroatoms. The van der Waals surface area contributed by atoms with E-state index < -0.39 is 0 Å². The highest BCUT2D eigenvalue weighted by Crippen LogP contribution is 2.30. The molecule has 42 heavy (non-hydrogen) atoms. The van der Waals surface area contributed by atoms with Gasteiger partial charge in [-0.3, -0.25) is 14.4 Å². The molecule has 2 saturated heterocycles. The van der Waals surface area contributed by atoms with Crippen molar-refractivity contribution in [1.29, 1.82) is 10.5 Å². The first-order chi connectivity index (χ1) is 20.5. The normalized spacial score (nSPS) is 15.2. The summed E-state index contributed by atoms with van der Waals surface area (Å²) in [6.45, 7) is 4.90. The molecular weight excluding hydrogens is 530 g/mol. The van der Waals surface area contributed by atoms with Crippen LogP contribution in [-0.2, 0) is 0 Å². The summed E-state index contributed by atoms with van der Waals surface area (Å²) in [6.07, 6.45) is 0.873. The van der Waals surface area contributed by atoms with Gasteiger partial charge in [-0.05, 0) is 79.7 Å². The molecule has 0 atom stereocenters. The Morgan fingerprint density at radius 2 is 1.24 bits per heavy atom. The van der Waals surface area contributed by atoms with Crippen molar-refractivity contribution in [2.45, 2.75) is 6.42 Å². The Morgan fingerprint density at radius 1 is 0.667 bits per heavy atom. The highest BCUT2D eigenvalue weighted by atomic mass is 16.2. The fourth-order valence-electron chi connectivity index (χ4n) is 5.19. The molecule has 212 valence electrons. The summed E-state index contributed by atoms with van der Waals surface area (Å²) < 4.78 is 0. The Morgan fingerprint density at radius 3 is 1.88 bits per heavy atom. The average Bonchev–Trinajstić information content (AvgIpc) is 3.34. The highest BCUT2D eigenvalue weighted by Gasteiger charge is 2.26. The van der Waals surface area contributed by atoms with Crippen LogP contribution in [0.25, 0.3) is 0 Å². The number of hydrogen-bond donors (Lipinski definition) is 2. The van der Waals surface area contributed by atoms with Gasteiger partial charge in [-0.2, -0.15) is 10.5 Å². The van der Waals surface area contributed by atoms with Crippen LogP contribution in [0.15, 0.2) is 66.7 Å². The zero-order chi connectivity index (χ0) is 29.5. The topological polar surface area (TPSA) is 133 Å². The number of nitrogens with one attached hydrogen (secondary N) is 2. The van der Waals surface area contributed by atoms with Gasteiger partial charge >= 0.3 is 0 Å². The van der Waals surface area contributed by atoms with E-state index in [9.17, 15) is 14.4 Å². The number of benzene rings is 3. The summed E-state index contributed by atoms with van der Waals surface area (Å²) in [5.74, 6) is -0.530. The Bertz CT molecular complexity index is 1540. The number of amides is 3. The molecule has 2 aliphatic rings. The van der Waals surface area contributed by atoms with Crippen molar-refractivity contribution in [1.82, 2.24) is 15.1 Å². The molecule has 0 radical (unpaired) electrons. The monoisotopic (exact) mass is 561 g/mol. The van der Waals surface area contributed by atoms with E-state index in [1.807, 2.05) is 11.0 Å². The van der Waals surface area contributed by atoms with Gasteiger partial charge in [0, 0.05) is 62.5 Å². The largest absolute Gasteiger partial charge is 0.366 e. The lowest BCUT2D eigenvalue weighted by Gasteiger charge is -2.37. The van der Waals surface area contributed by atoms with Crippen molar-refractivity contribution in [2.24, 2.45) is 0 Å². The zero-order valence-corrected chi connectivity index (χ0v) is 23.2. The molecule has 0 saturated carbocycles. The second kappa shape index (κ2) is 13.0. The van der Waals surface area contributed by atoms with Crippen LogP contribution >= 0.6 is 0 Å². The second-order valence-corrected chi connectivity index (χ2v) is 10.2. The Balaban J connectivity index is 1.36. The van der Waals surface area contributed by atoms with E-state index in [-0.39, 0.29) is 17.7 Å². The molecule has 10 nitrogen and oxygen atoms in total. The molecular formula is C32H31N7O3. The van der Waals surface area contributed by atoms with Crippen molar-refractivity contribution >= 4 is 29.1 Å². The quantitative estimate of drug-likeness (QED) is 0.489. The van der Waals surface area contributed by atoms with E-state index in [1.54, 1.807) is 65.6 Å². The maximum atomic E-state index is 13.4. The Hall–Kier alpha value is -5.19. The van der Waals surface area contributed by atoms with Crippen LogP contribution in [-0.4, -0.2) is 79.9 Å². The van der Waals surface area contributed by atoms with Crippen LogP contribution in [0, 0.1) is 22.7 Å². The van der Waals surface area contributed by atoms with Crippen LogP contribution in [0.4, 0.5) is 11.4 Å². The first-order valence-corrected chi connectivity index (χ1v) is 14.0. The van der Waals surface area contributed by atoms with Crippen LogP contribution < -0.4 is 15.5 Å². The first-order valence-electron chi connectivity index (χ1n) is 14.0. The second-order valence-electron chi connectivity index (χ2n) is 10.2. The minimum atomic E-state index is -0.348. The van der Waals surface area contributed by atoms with Crippen LogP contribution in [0.2, 0.25) is 0 Å². The van der Waals surface area contributed by atoms with Gasteiger partial charge in [0.15, 0.2) is 0 Å². The Labute approximate surface area is 244 Å². The third-order valence-electron chi connectivity index (χ3n) is 7.56. The smallest absolute Gasteiger partial charge is 0.255 e. The maximum absolute atomic E-state index is 13.4. The van der Waals surface area contributed by atoms with Gasteiger partial charge in [0.2, 0.25) is 0 Å². The first kappa shape index (κ1) is 28.3. The maximum Gasteiger partial charge on any atom is 0.255 e. The van der Waals surface area contributed by atoms with Crippen LogP contribution in [0.5, 0.6) is 0 Å². The minimum Gasteiger partial charge on any atom is -0.366 e. The van der Waals surface area contributed by atoms with Crippen molar-refractivity contribution < 1.29 is 14.4 Å². The predicted octanol–water partition coefficient (Wildman–Crippen LogP) is 3.08. The average molecular weight is 562 g/mol. The summed E-state index contributed by atoms with van der Waals surface area (Å²) in [6, 6.07) is 22.5. The lowest BCUT2D eigenvalue weighted by Crippen LogP contribution is -2.49. The molecule has 3 aromatic carbocycles. The number of piperazine rings is 1. The molecule has 5 rings (SSSR count). The van der Waals surface area contributed by atoms with E-state index in [0.29, 0.717) is 72.8 Å². The van der Waals surface area contributed by atoms with Crippen molar-refractivity contribution in [3.8, 4) is 12.1 Å². The van der Waals surface area contributed by atoms with E-state index in [1.165, 1.54) is 0 Å². The van der Waals surface area contributed by atoms with Gasteiger partial charge in [-0.15, -0.1) is 0 Å². The number of nitriles is 2. The number of carbonyl (C=O) groups is 3. The van der Waals surface area contributed by atoms with Gasteiger partial charge < -0.3 is 25.3 Å². The molecule has 0 aliphatic carbocycles. The number of anilines is 2. The van der Waals surface area contributed by atoms with Gasteiger partial charge in [-0.1, -0.05) is 0 Å². The highest BCUT2D eigenvalue weighted by molar-refractivity contribution is 6.07. The minimum absolute atomic E-state index is 0.0862. The number of nitrogens with zero attached hydrogens (tertiary/aromatic N) is 5. The van der Waals surface area contributed by atoms with E-state index in [4.69, 9.17) is 10.5 Å². The SMILES string of the molecule is N#Cc1ccc(C(=O)Nc2cc(C(=O)N3CCCNCC3)ccc2N2CCN(C(=O)c3ccc(C#N)cc3)CC2)cc1. The summed E-state index contributed by atoms with van der Waals surface area (Å²) in [4.78, 5) is 45.4. The third-order valence-corrected chi connectivity index (χ3v) is 7.56. The molecule has 3 aromatic rings. The van der Waals surface area contributed by atoms with Crippen molar-refractivity contribution in [3.05, 3.63) is 94.5 Å². The van der Waals surface area contributed by atoms with E-state index in [0.717, 1.165) is 25.2 Å². The molecule has 3 amide bonds. The lowest BCUT2D eigenvalue weighted by molar-refractivity contribution is 0.0743. The van der Waals surface area contributed by atoms with Gasteiger partial charge in [-0.25, -0.2) is 0 Å². The van der Waals surface area contributed by atoms with Gasteiger partial charge in [0.25, 0.3) is 17.7 Å². The molecule has 0 unspecified atom stereocenters. The van der Waals surface area contributed by atoms with E-state index in [2.05, 4.69) is 27.7 Å². The summed E-state index contributed by atoms with van der Waals surface area (Å²) in [5.41, 5.74) is 3.65. The van der Waals surface area contributed by atoms with Crippen molar-refractivity contribution in [3.63, 3.8) is 0 Å². The number of carbonyl (C=O) groups excluding carboxylic acids is 3. The fourth-order valence-corrected chi connectivity index (χ4v) is 5.19. The molecule has 2 aliphatic heterocycles. The summed E-state index contributed by atoms with van der Waals surface area (Å²) >= 11 is 0. The lowest BCUT2D eigenvalue weighted by atomic mass is 10.1. The number of rotatable bonds is 5. The number of hydrogen-bond acceptors (Lipinski definition) is 7. The summed E-state index contributed by atoms with van der Waals surface area (Å²) in [5, 5.41) is 24.4. The molecule has 2 fully saturated rings. The molecule has 2 N–H and O–H groups in total. The van der Waals surface area contributed by atoms with Gasteiger partial charge in [0.05, 0.1) is 34.6 Å². The fraction of sp³-hybridized carbons (Fsp3) is 0.281. The molecule has 2 heterocycles.